The molecule has 1 atom stereocenters. The highest BCUT2D eigenvalue weighted by Gasteiger charge is 2.32. The Balaban J connectivity index is 1.48. The van der Waals surface area contributed by atoms with E-state index in [0.29, 0.717) is 6.04 Å². The molecule has 0 spiro atoms. The summed E-state index contributed by atoms with van der Waals surface area (Å²) in [6.45, 7) is 4.45. The monoisotopic (exact) mass is 279 g/mol. The number of hydrogen-bond acceptors (Lipinski definition) is 3. The fourth-order valence-electron chi connectivity index (χ4n) is 3.64. The van der Waals surface area contributed by atoms with Gasteiger partial charge in [0, 0.05) is 38.4 Å². The summed E-state index contributed by atoms with van der Waals surface area (Å²) in [5, 5.41) is 0. The van der Waals surface area contributed by atoms with Crippen LogP contribution in [0.3, 0.4) is 0 Å². The summed E-state index contributed by atoms with van der Waals surface area (Å²) in [6, 6.07) is 15.7. The quantitative estimate of drug-likeness (QED) is 0.842. The van der Waals surface area contributed by atoms with E-state index in [1.54, 1.807) is 0 Å². The lowest BCUT2D eigenvalue weighted by Crippen LogP contribution is -2.55. The summed E-state index contributed by atoms with van der Waals surface area (Å²) in [6.07, 6.45) is 4.35. The highest BCUT2D eigenvalue weighted by molar-refractivity contribution is 5.50. The molecule has 0 radical (unpaired) electrons. The van der Waals surface area contributed by atoms with Gasteiger partial charge in [0.15, 0.2) is 0 Å². The second-order valence-electron chi connectivity index (χ2n) is 6.09. The Labute approximate surface area is 126 Å². The minimum Gasteiger partial charge on any atom is -0.351 e. The van der Waals surface area contributed by atoms with Crippen LogP contribution in [0.15, 0.2) is 48.7 Å². The summed E-state index contributed by atoms with van der Waals surface area (Å²) >= 11 is 0. The molecular weight excluding hydrogens is 258 g/mol. The number of rotatable bonds is 2. The zero-order valence-corrected chi connectivity index (χ0v) is 12.3. The summed E-state index contributed by atoms with van der Waals surface area (Å²) in [7, 11) is 0. The summed E-state index contributed by atoms with van der Waals surface area (Å²) in [5.41, 5.74) is 2.84. The number of anilines is 1. The van der Waals surface area contributed by atoms with E-state index in [2.05, 4.69) is 57.2 Å². The van der Waals surface area contributed by atoms with Crippen molar-refractivity contribution in [3.8, 4) is 0 Å². The Kier molecular flexibility index (Phi) is 3.36. The maximum absolute atomic E-state index is 4.62. The number of pyridine rings is 1. The van der Waals surface area contributed by atoms with E-state index in [4.69, 9.17) is 0 Å². The molecule has 4 rings (SSSR count). The van der Waals surface area contributed by atoms with Gasteiger partial charge in [0.2, 0.25) is 0 Å². The molecule has 1 aromatic carbocycles. The highest BCUT2D eigenvalue weighted by atomic mass is 15.3. The second-order valence-corrected chi connectivity index (χ2v) is 6.09. The Bertz CT molecular complexity index is 611. The maximum Gasteiger partial charge on any atom is 0.132 e. The molecule has 0 saturated carbocycles. The fraction of sp³-hybridized carbons (Fsp3) is 0.389. The van der Waals surface area contributed by atoms with Crippen molar-refractivity contribution in [2.75, 3.05) is 24.5 Å². The molecule has 0 N–H and O–H groups in total. The van der Waals surface area contributed by atoms with Crippen LogP contribution in [0.5, 0.6) is 0 Å². The Morgan fingerprint density at radius 3 is 2.86 bits per heavy atom. The summed E-state index contributed by atoms with van der Waals surface area (Å²) < 4.78 is 0. The Morgan fingerprint density at radius 2 is 1.95 bits per heavy atom. The van der Waals surface area contributed by atoms with Gasteiger partial charge >= 0.3 is 0 Å². The van der Waals surface area contributed by atoms with Crippen LogP contribution in [0.1, 0.15) is 17.5 Å². The van der Waals surface area contributed by atoms with Gasteiger partial charge in [-0.25, -0.2) is 4.98 Å². The van der Waals surface area contributed by atoms with Crippen LogP contribution in [-0.4, -0.2) is 35.6 Å². The van der Waals surface area contributed by atoms with Crippen molar-refractivity contribution in [2.45, 2.75) is 25.4 Å². The van der Waals surface area contributed by atoms with E-state index in [1.807, 2.05) is 6.20 Å². The van der Waals surface area contributed by atoms with Crippen LogP contribution < -0.4 is 4.90 Å². The Hall–Kier alpha value is -1.87. The van der Waals surface area contributed by atoms with Gasteiger partial charge in [0.05, 0.1) is 0 Å². The van der Waals surface area contributed by atoms with Crippen LogP contribution in [0.2, 0.25) is 0 Å². The number of fused-ring (bicyclic) bond motifs is 3. The van der Waals surface area contributed by atoms with Gasteiger partial charge in [-0.15, -0.1) is 0 Å². The van der Waals surface area contributed by atoms with Crippen LogP contribution >= 0.6 is 0 Å². The zero-order chi connectivity index (χ0) is 14.1. The lowest BCUT2D eigenvalue weighted by atomic mass is 9.96. The van der Waals surface area contributed by atoms with E-state index < -0.39 is 0 Å². The second kappa shape index (κ2) is 5.49. The predicted molar refractivity (Wildman–Crippen MR) is 85.4 cm³/mol. The van der Waals surface area contributed by atoms with Crippen LogP contribution in [-0.2, 0) is 13.0 Å². The smallest absolute Gasteiger partial charge is 0.132 e. The average molecular weight is 279 g/mol. The minimum atomic E-state index is 0.630. The molecule has 2 aromatic rings. The molecule has 1 unspecified atom stereocenters. The lowest BCUT2D eigenvalue weighted by molar-refractivity contribution is 0.206. The normalized spacial score (nSPS) is 21.7. The fourth-order valence-corrected chi connectivity index (χ4v) is 3.64. The van der Waals surface area contributed by atoms with Gasteiger partial charge in [0.25, 0.3) is 0 Å². The molecule has 3 heteroatoms. The van der Waals surface area contributed by atoms with Crippen molar-refractivity contribution in [1.82, 2.24) is 9.88 Å². The molecule has 1 fully saturated rings. The molecule has 3 heterocycles. The molecule has 108 valence electrons. The average Bonchev–Trinajstić information content (AvgIpc) is 2.55. The van der Waals surface area contributed by atoms with Gasteiger partial charge in [-0.05, 0) is 30.0 Å². The zero-order valence-electron chi connectivity index (χ0n) is 12.3. The van der Waals surface area contributed by atoms with E-state index in [9.17, 15) is 0 Å². The number of aryl methyl sites for hydroxylation is 1. The molecule has 1 aromatic heterocycles. The third-order valence-corrected chi connectivity index (χ3v) is 4.70. The van der Waals surface area contributed by atoms with E-state index in [-0.39, 0.29) is 0 Å². The molecule has 0 aliphatic carbocycles. The summed E-state index contributed by atoms with van der Waals surface area (Å²) in [5.74, 6) is 1.23. The first-order chi connectivity index (χ1) is 10.4. The number of nitrogens with zero attached hydrogens (tertiary/aromatic N) is 3. The molecule has 1 saturated heterocycles. The first-order valence-corrected chi connectivity index (χ1v) is 7.87. The van der Waals surface area contributed by atoms with Crippen molar-refractivity contribution < 1.29 is 0 Å². The SMILES string of the molecule is c1ccc(CN2CCN3c4ncccc4CCC3C2)cc1. The molecule has 0 amide bonds. The van der Waals surface area contributed by atoms with Crippen molar-refractivity contribution in [2.24, 2.45) is 0 Å². The first kappa shape index (κ1) is 12.8. The van der Waals surface area contributed by atoms with Crippen molar-refractivity contribution >= 4 is 5.82 Å². The van der Waals surface area contributed by atoms with Gasteiger partial charge in [0.1, 0.15) is 5.82 Å². The number of hydrogen-bond donors (Lipinski definition) is 0. The van der Waals surface area contributed by atoms with Crippen molar-refractivity contribution in [1.29, 1.82) is 0 Å². The van der Waals surface area contributed by atoms with Crippen molar-refractivity contribution in [3.05, 3.63) is 59.8 Å². The highest BCUT2D eigenvalue weighted by Crippen LogP contribution is 2.30. The van der Waals surface area contributed by atoms with Crippen molar-refractivity contribution in [3.63, 3.8) is 0 Å². The van der Waals surface area contributed by atoms with Gasteiger partial charge in [-0.3, -0.25) is 4.90 Å². The molecular formula is C18H21N3. The molecule has 21 heavy (non-hydrogen) atoms. The maximum atomic E-state index is 4.62. The number of benzene rings is 1. The number of aromatic nitrogens is 1. The molecule has 2 aliphatic rings. The minimum absolute atomic E-state index is 0.630. The lowest BCUT2D eigenvalue weighted by Gasteiger charge is -2.45. The van der Waals surface area contributed by atoms with Gasteiger partial charge < -0.3 is 4.90 Å². The summed E-state index contributed by atoms with van der Waals surface area (Å²) in [4.78, 5) is 9.74. The molecule has 3 nitrogen and oxygen atoms in total. The standard InChI is InChI=1S/C18H21N3/c1-2-5-15(6-3-1)13-20-11-12-21-17(14-20)9-8-16-7-4-10-19-18(16)21/h1-7,10,17H,8-9,11-14H2. The molecule has 0 bridgehead atoms. The van der Waals surface area contributed by atoms with Gasteiger partial charge in [-0.1, -0.05) is 36.4 Å². The van der Waals surface area contributed by atoms with E-state index in [1.165, 1.54) is 29.8 Å². The third-order valence-electron chi connectivity index (χ3n) is 4.70. The van der Waals surface area contributed by atoms with E-state index in [0.717, 1.165) is 26.2 Å². The third kappa shape index (κ3) is 2.54. The first-order valence-electron chi connectivity index (χ1n) is 7.87. The van der Waals surface area contributed by atoms with E-state index >= 15 is 0 Å². The molecule has 2 aliphatic heterocycles. The topological polar surface area (TPSA) is 19.4 Å². The van der Waals surface area contributed by atoms with Crippen LogP contribution in [0, 0.1) is 0 Å². The largest absolute Gasteiger partial charge is 0.351 e. The van der Waals surface area contributed by atoms with Crippen LogP contribution in [0.25, 0.3) is 0 Å². The van der Waals surface area contributed by atoms with Gasteiger partial charge in [-0.2, -0.15) is 0 Å². The predicted octanol–water partition coefficient (Wildman–Crippen LogP) is 2.72. The Morgan fingerprint density at radius 1 is 1.05 bits per heavy atom. The van der Waals surface area contributed by atoms with Crippen LogP contribution in [0.4, 0.5) is 5.82 Å². The number of piperazine rings is 1.